The van der Waals surface area contributed by atoms with E-state index in [4.69, 9.17) is 0 Å². The van der Waals surface area contributed by atoms with Crippen molar-refractivity contribution in [2.75, 3.05) is 11.4 Å². The predicted molar refractivity (Wildman–Crippen MR) is 112 cm³/mol. The van der Waals surface area contributed by atoms with Crippen LogP contribution in [0.5, 0.6) is 5.75 Å². The number of benzene rings is 3. The topological polar surface area (TPSA) is 52.6 Å². The van der Waals surface area contributed by atoms with Gasteiger partial charge in [-0.15, -0.1) is 0 Å². The van der Waals surface area contributed by atoms with Crippen molar-refractivity contribution in [2.45, 2.75) is 18.5 Å². The Labute approximate surface area is 171 Å². The monoisotopic (exact) mass is 434 g/mol. The number of nitrogens with zero attached hydrogens (tertiary/aromatic N) is 1. The lowest BCUT2D eigenvalue weighted by molar-refractivity contribution is -0.123. The highest BCUT2D eigenvalue weighted by molar-refractivity contribution is 9.10. The number of hydrogen-bond acceptors (Lipinski definition) is 3. The normalized spacial score (nSPS) is 20.3. The second-order valence-electron chi connectivity index (χ2n) is 7.27. The fourth-order valence-corrected chi connectivity index (χ4v) is 4.76. The van der Waals surface area contributed by atoms with Crippen molar-refractivity contribution in [1.29, 1.82) is 0 Å². The van der Waals surface area contributed by atoms with Gasteiger partial charge < -0.3 is 10.0 Å². The SMILES string of the molecule is O=C1N(Cc2ccc(Br)cc2)c2ccccc2C12NCCc1cccc(O)c12. The van der Waals surface area contributed by atoms with Crippen LogP contribution in [0.2, 0.25) is 0 Å². The Bertz CT molecular complexity index is 1080. The van der Waals surface area contributed by atoms with E-state index in [0.717, 1.165) is 33.3 Å². The highest BCUT2D eigenvalue weighted by atomic mass is 79.9. The number of hydrogen-bond donors (Lipinski definition) is 2. The number of carbonyl (C=O) groups is 1. The van der Waals surface area contributed by atoms with Gasteiger partial charge in [0, 0.05) is 22.1 Å². The molecule has 1 amide bonds. The number of amides is 1. The molecule has 0 radical (unpaired) electrons. The molecule has 2 aliphatic heterocycles. The van der Waals surface area contributed by atoms with Crippen molar-refractivity contribution in [3.05, 3.63) is 93.5 Å². The van der Waals surface area contributed by atoms with E-state index in [1.807, 2.05) is 65.6 Å². The summed E-state index contributed by atoms with van der Waals surface area (Å²) in [5.41, 5.74) is 3.52. The van der Waals surface area contributed by atoms with E-state index in [-0.39, 0.29) is 11.7 Å². The maximum atomic E-state index is 13.9. The molecule has 5 rings (SSSR count). The average molecular weight is 435 g/mol. The first kappa shape index (κ1) is 17.5. The average Bonchev–Trinajstić information content (AvgIpc) is 2.93. The molecule has 3 aromatic carbocycles. The molecule has 2 N–H and O–H groups in total. The van der Waals surface area contributed by atoms with Crippen LogP contribution in [-0.2, 0) is 23.3 Å². The van der Waals surface area contributed by atoms with Crippen molar-refractivity contribution in [3.63, 3.8) is 0 Å². The molecule has 28 heavy (non-hydrogen) atoms. The quantitative estimate of drug-likeness (QED) is 0.638. The number of nitrogens with one attached hydrogen (secondary N) is 1. The first-order valence-electron chi connectivity index (χ1n) is 9.33. The molecule has 1 spiro atoms. The van der Waals surface area contributed by atoms with Gasteiger partial charge in [-0.2, -0.15) is 0 Å². The molecule has 0 saturated carbocycles. The van der Waals surface area contributed by atoms with Gasteiger partial charge in [-0.1, -0.05) is 58.4 Å². The molecule has 140 valence electrons. The zero-order valence-electron chi connectivity index (χ0n) is 15.2. The Morgan fingerprint density at radius 3 is 2.64 bits per heavy atom. The summed E-state index contributed by atoms with van der Waals surface area (Å²) in [7, 11) is 0. The van der Waals surface area contributed by atoms with Gasteiger partial charge in [0.2, 0.25) is 0 Å². The minimum atomic E-state index is -1.04. The van der Waals surface area contributed by atoms with Gasteiger partial charge in [0.15, 0.2) is 5.54 Å². The summed E-state index contributed by atoms with van der Waals surface area (Å²) in [6.07, 6.45) is 0.785. The summed E-state index contributed by atoms with van der Waals surface area (Å²) in [6, 6.07) is 21.4. The number of para-hydroxylation sites is 1. The van der Waals surface area contributed by atoms with Crippen LogP contribution in [0.25, 0.3) is 0 Å². The second kappa shape index (κ2) is 6.47. The van der Waals surface area contributed by atoms with Gasteiger partial charge in [0.1, 0.15) is 5.75 Å². The maximum Gasteiger partial charge on any atom is 0.257 e. The Kier molecular flexibility index (Phi) is 4.03. The van der Waals surface area contributed by atoms with Crippen LogP contribution in [0.15, 0.2) is 71.2 Å². The third kappa shape index (κ3) is 2.43. The number of carbonyl (C=O) groups excluding carboxylic acids is 1. The van der Waals surface area contributed by atoms with E-state index in [0.29, 0.717) is 18.7 Å². The molecule has 0 bridgehead atoms. The van der Waals surface area contributed by atoms with Crippen molar-refractivity contribution in [1.82, 2.24) is 5.32 Å². The molecule has 1 atom stereocenters. The molecule has 0 fully saturated rings. The van der Waals surface area contributed by atoms with Crippen LogP contribution in [0, 0.1) is 0 Å². The van der Waals surface area contributed by atoms with Crippen LogP contribution < -0.4 is 10.2 Å². The number of phenolic OH excluding ortho intramolecular Hbond substituents is 1. The molecule has 0 saturated heterocycles. The molecule has 0 aliphatic carbocycles. The minimum Gasteiger partial charge on any atom is -0.508 e. The smallest absolute Gasteiger partial charge is 0.257 e. The van der Waals surface area contributed by atoms with Crippen molar-refractivity contribution < 1.29 is 9.90 Å². The number of rotatable bonds is 2. The number of halogens is 1. The number of phenols is 1. The zero-order valence-corrected chi connectivity index (χ0v) is 16.7. The van der Waals surface area contributed by atoms with Gasteiger partial charge in [0.25, 0.3) is 5.91 Å². The number of anilines is 1. The van der Waals surface area contributed by atoms with Crippen LogP contribution in [0.4, 0.5) is 5.69 Å². The molecule has 4 nitrogen and oxygen atoms in total. The highest BCUT2D eigenvalue weighted by Gasteiger charge is 2.55. The van der Waals surface area contributed by atoms with E-state index < -0.39 is 5.54 Å². The van der Waals surface area contributed by atoms with Crippen LogP contribution in [0.3, 0.4) is 0 Å². The molecular formula is C23H19BrN2O2. The molecule has 2 aliphatic rings. The fourth-order valence-electron chi connectivity index (χ4n) is 4.50. The van der Waals surface area contributed by atoms with E-state index >= 15 is 0 Å². The lowest BCUT2D eigenvalue weighted by Crippen LogP contribution is -2.54. The summed E-state index contributed by atoms with van der Waals surface area (Å²) in [5.74, 6) is 0.123. The number of fused-ring (bicyclic) bond motifs is 4. The summed E-state index contributed by atoms with van der Waals surface area (Å²) < 4.78 is 1.01. The standard InChI is InChI=1S/C23H19BrN2O2/c24-17-10-8-15(9-11-17)14-26-19-6-2-1-5-18(19)23(22(26)28)21-16(12-13-25-23)4-3-7-20(21)27/h1-11,25,27H,12-14H2. The van der Waals surface area contributed by atoms with E-state index in [1.165, 1.54) is 0 Å². The molecule has 3 aromatic rings. The van der Waals surface area contributed by atoms with Gasteiger partial charge in [-0.05, 0) is 41.8 Å². The van der Waals surface area contributed by atoms with E-state index in [1.54, 1.807) is 6.07 Å². The third-order valence-corrected chi connectivity index (χ3v) is 6.24. The zero-order chi connectivity index (χ0) is 19.3. The van der Waals surface area contributed by atoms with E-state index in [2.05, 4.69) is 21.2 Å². The van der Waals surface area contributed by atoms with Crippen LogP contribution in [-0.4, -0.2) is 17.6 Å². The Morgan fingerprint density at radius 2 is 1.82 bits per heavy atom. The molecular weight excluding hydrogens is 416 g/mol. The fraction of sp³-hybridized carbons (Fsp3) is 0.174. The third-order valence-electron chi connectivity index (χ3n) is 5.71. The maximum absolute atomic E-state index is 13.9. The van der Waals surface area contributed by atoms with E-state index in [9.17, 15) is 9.90 Å². The minimum absolute atomic E-state index is 0.0425. The first-order valence-corrected chi connectivity index (χ1v) is 10.1. The van der Waals surface area contributed by atoms with Gasteiger partial charge >= 0.3 is 0 Å². The summed E-state index contributed by atoms with van der Waals surface area (Å²) in [4.78, 5) is 15.7. The Morgan fingerprint density at radius 1 is 1.04 bits per heavy atom. The molecule has 5 heteroatoms. The lowest BCUT2D eigenvalue weighted by Gasteiger charge is -2.36. The molecule has 2 heterocycles. The summed E-state index contributed by atoms with van der Waals surface area (Å²) >= 11 is 3.46. The Balaban J connectivity index is 1.68. The van der Waals surface area contributed by atoms with Gasteiger partial charge in [-0.3, -0.25) is 10.1 Å². The summed E-state index contributed by atoms with van der Waals surface area (Å²) in [6.45, 7) is 1.16. The molecule has 0 aromatic heterocycles. The predicted octanol–water partition coefficient (Wildman–Crippen LogP) is 4.09. The van der Waals surface area contributed by atoms with Crippen molar-refractivity contribution >= 4 is 27.5 Å². The lowest BCUT2D eigenvalue weighted by atomic mass is 9.77. The molecule has 1 unspecified atom stereocenters. The van der Waals surface area contributed by atoms with Crippen LogP contribution >= 0.6 is 15.9 Å². The largest absolute Gasteiger partial charge is 0.508 e. The van der Waals surface area contributed by atoms with Crippen molar-refractivity contribution in [2.24, 2.45) is 0 Å². The van der Waals surface area contributed by atoms with Crippen molar-refractivity contribution in [3.8, 4) is 5.75 Å². The van der Waals surface area contributed by atoms with Gasteiger partial charge in [-0.25, -0.2) is 0 Å². The highest BCUT2D eigenvalue weighted by Crippen LogP contribution is 2.49. The second-order valence-corrected chi connectivity index (χ2v) is 8.19. The van der Waals surface area contributed by atoms with Gasteiger partial charge in [0.05, 0.1) is 12.2 Å². The number of aromatic hydroxyl groups is 1. The summed E-state index contributed by atoms with van der Waals surface area (Å²) in [5, 5.41) is 14.2. The first-order chi connectivity index (χ1) is 13.6. The Hall–Kier alpha value is -2.63. The van der Waals surface area contributed by atoms with Crippen LogP contribution in [0.1, 0.15) is 22.3 Å².